The van der Waals surface area contributed by atoms with E-state index in [2.05, 4.69) is 73.1 Å². The van der Waals surface area contributed by atoms with Crippen molar-refractivity contribution in [1.29, 1.82) is 0 Å². The number of ether oxygens (including phenoxy) is 2. The quantitative estimate of drug-likeness (QED) is 0.0822. The number of aliphatic hydroxyl groups is 1. The molecule has 6 atom stereocenters. The van der Waals surface area contributed by atoms with Crippen molar-refractivity contribution in [3.05, 3.63) is 127 Å². The zero-order chi connectivity index (χ0) is 42.7. The van der Waals surface area contributed by atoms with E-state index >= 15 is 0 Å². The van der Waals surface area contributed by atoms with Crippen molar-refractivity contribution >= 4 is 64.6 Å². The van der Waals surface area contributed by atoms with Gasteiger partial charge in [-0.25, -0.2) is 18.6 Å². The number of hydrogen-bond donors (Lipinski definition) is 1. The summed E-state index contributed by atoms with van der Waals surface area (Å²) in [5.41, 5.74) is 12.1. The number of rotatable bonds is 15. The summed E-state index contributed by atoms with van der Waals surface area (Å²) in [4.78, 5) is 37.2. The van der Waals surface area contributed by atoms with Crippen LogP contribution in [0.5, 0.6) is 0 Å². The van der Waals surface area contributed by atoms with Crippen LogP contribution in [-0.4, -0.2) is 59.9 Å². The van der Waals surface area contributed by atoms with Gasteiger partial charge in [0.2, 0.25) is 0 Å². The summed E-state index contributed by atoms with van der Waals surface area (Å²) in [5.74, 6) is -2.20. The maximum atomic E-state index is 13.6. The molecule has 0 radical (unpaired) electrons. The molecule has 2 unspecified atom stereocenters. The third-order valence-corrected chi connectivity index (χ3v) is 12.8. The zero-order valence-corrected chi connectivity index (χ0v) is 38.6. The third-order valence-electron chi connectivity index (χ3n) is 12.8. The van der Waals surface area contributed by atoms with Crippen molar-refractivity contribution in [1.82, 2.24) is 9.97 Å². The van der Waals surface area contributed by atoms with E-state index in [0.29, 0.717) is 34.7 Å². The molecule has 2 saturated heterocycles. The first-order valence-electron chi connectivity index (χ1n) is 21.1. The molecule has 6 rings (SSSR count). The fourth-order valence-corrected chi connectivity index (χ4v) is 9.14. The third kappa shape index (κ3) is 9.60. The van der Waals surface area contributed by atoms with Crippen molar-refractivity contribution in [2.45, 2.75) is 106 Å². The smallest absolute Gasteiger partial charge is 0.681 e. The largest absolute Gasteiger partial charge is 2.00 e. The average molecular weight is 822 g/mol. The number of fused-ring (bicyclic) bond motifs is 8. The van der Waals surface area contributed by atoms with E-state index in [-0.39, 0.29) is 71.5 Å². The van der Waals surface area contributed by atoms with Crippen LogP contribution in [0.4, 0.5) is 0 Å². The average Bonchev–Trinajstić information content (AvgIpc) is 3.94. The molecular formula is C50H61MgN4O5-5. The maximum absolute atomic E-state index is 13.6. The van der Waals surface area contributed by atoms with Crippen LogP contribution in [0.3, 0.4) is 0 Å². The Morgan fingerprint density at radius 2 is 1.62 bits per heavy atom. The van der Waals surface area contributed by atoms with E-state index in [1.807, 2.05) is 39.0 Å². The van der Waals surface area contributed by atoms with Gasteiger partial charge in [-0.1, -0.05) is 96.9 Å². The molecular weight excluding hydrogens is 761 g/mol. The Bertz CT molecular complexity index is 2260. The Hall–Kier alpha value is -4.28. The fourth-order valence-electron chi connectivity index (χ4n) is 9.14. The van der Waals surface area contributed by atoms with Gasteiger partial charge in [0.25, 0.3) is 0 Å². The molecule has 8 bridgehead atoms. The van der Waals surface area contributed by atoms with Crippen LogP contribution < -0.4 is 20.5 Å². The predicted octanol–water partition coefficient (Wildman–Crippen LogP) is 9.00. The Balaban J connectivity index is 0.00000683. The second kappa shape index (κ2) is 20.1. The van der Waals surface area contributed by atoms with Gasteiger partial charge in [0.15, 0.2) is 0 Å². The van der Waals surface area contributed by atoms with Crippen molar-refractivity contribution in [2.75, 3.05) is 13.7 Å². The van der Waals surface area contributed by atoms with E-state index in [1.54, 1.807) is 0 Å². The number of aromatic nitrogens is 2. The summed E-state index contributed by atoms with van der Waals surface area (Å²) in [6.07, 6.45) is 19.8. The molecule has 0 saturated carbocycles. The van der Waals surface area contributed by atoms with Gasteiger partial charge in [-0.15, -0.1) is 22.4 Å². The molecule has 0 amide bonds. The van der Waals surface area contributed by atoms with Crippen LogP contribution in [0.2, 0.25) is 0 Å². The maximum Gasteiger partial charge on any atom is 2.00 e. The van der Waals surface area contributed by atoms with Gasteiger partial charge in [0.05, 0.1) is 7.11 Å². The SMILES string of the molecule is C=C(C)[CH-]CC/C(C)=C/CC/C(C)=C/COC(=O)CC[C@@H]1C2[N-]/C(=C\c3[n-]c(c(C[CH2-])c3C)/C=C3\[N-]/C(=C\c4[n-]c5c(c4C)=C(O)[C@H](C(=O)OC)C=52)C([CH-]C)[C@H]3C)[C@H]1C.[Mg+2]. The molecule has 2 aromatic rings. The Labute approximate surface area is 373 Å². The number of hydrogen-bond acceptors (Lipinski definition) is 5. The minimum atomic E-state index is -1.07. The molecule has 2 fully saturated rings. The molecule has 3 aliphatic heterocycles. The van der Waals surface area contributed by atoms with E-state index in [4.69, 9.17) is 30.1 Å². The molecule has 60 heavy (non-hydrogen) atoms. The minimum absolute atomic E-state index is 0. The summed E-state index contributed by atoms with van der Waals surface area (Å²) < 4.78 is 11.0. The Morgan fingerprint density at radius 3 is 2.30 bits per heavy atom. The molecule has 1 N–H and O–H groups in total. The van der Waals surface area contributed by atoms with Gasteiger partial charge in [0, 0.05) is 11.6 Å². The topological polar surface area (TPSA) is 129 Å². The van der Waals surface area contributed by atoms with Crippen LogP contribution in [0.15, 0.2) is 52.5 Å². The van der Waals surface area contributed by atoms with Crippen LogP contribution in [0, 0.1) is 63.2 Å². The second-order valence-corrected chi connectivity index (χ2v) is 16.8. The van der Waals surface area contributed by atoms with Crippen LogP contribution in [0.25, 0.3) is 40.2 Å². The van der Waals surface area contributed by atoms with E-state index in [0.717, 1.165) is 76.4 Å². The van der Waals surface area contributed by atoms with Crippen molar-refractivity contribution in [3.63, 3.8) is 0 Å². The second-order valence-electron chi connectivity index (χ2n) is 16.8. The fraction of sp³-hybridized carbons (Fsp3) is 0.460. The predicted molar refractivity (Wildman–Crippen MR) is 243 cm³/mol. The van der Waals surface area contributed by atoms with Gasteiger partial charge in [-0.05, 0) is 71.3 Å². The van der Waals surface area contributed by atoms with Crippen molar-refractivity contribution in [2.24, 2.45) is 29.6 Å². The molecule has 10 heteroatoms. The molecule has 0 spiro atoms. The van der Waals surface area contributed by atoms with E-state index in [1.165, 1.54) is 18.3 Å². The van der Waals surface area contributed by atoms with Crippen LogP contribution >= 0.6 is 0 Å². The van der Waals surface area contributed by atoms with Gasteiger partial charge in [-0.3, -0.25) is 9.59 Å². The molecule has 0 aromatic carbocycles. The van der Waals surface area contributed by atoms with Crippen LogP contribution in [0.1, 0.15) is 114 Å². The normalized spacial score (nSPS) is 25.9. The standard InChI is InChI=1S/C50H61N4O5.Mg/c1-12-34-30(7)37-24-39-32(9)36(20-21-43(55)59-23-22-29(6)19-15-18-28(5)17-14-16-27(3)4)47(53-39)45-46(50(57)58-11)49(56)44-33(10)40(54-48(44)45)26-42-35(13-2)31(8)38(52-42)25-41(34)51-37;/h13,16,18,22,24-26,31-32,35-36,46-47,56H,1,3,12,14-15,17,19-21,23H2,2,4-11H3;/q-7;+2/b28-18+,29-22+,38-25-,39-24-,42-26-;/t31-,32+,35?,36+,46-,47?;/m1./s1. The molecule has 318 valence electrons. The first-order valence-corrected chi connectivity index (χ1v) is 21.1. The monoisotopic (exact) mass is 821 g/mol. The molecule has 2 aromatic heterocycles. The number of aliphatic hydroxyl groups excluding tert-OH is 1. The first-order chi connectivity index (χ1) is 28.2. The van der Waals surface area contributed by atoms with Gasteiger partial charge >= 0.3 is 35.0 Å². The number of esters is 2. The number of nitrogens with zero attached hydrogens (tertiary/aromatic N) is 4. The number of carbonyl (C=O) groups is 2. The number of allylic oxidation sites excluding steroid dienone is 7. The first kappa shape index (κ1) is 46.8. The summed E-state index contributed by atoms with van der Waals surface area (Å²) in [6.45, 7) is 25.0. The van der Waals surface area contributed by atoms with Crippen molar-refractivity contribution in [3.8, 4) is 0 Å². The summed E-state index contributed by atoms with van der Waals surface area (Å²) in [5, 5.41) is 23.4. The summed E-state index contributed by atoms with van der Waals surface area (Å²) in [7, 11) is 1.33. The Kier molecular flexibility index (Phi) is 15.6. The zero-order valence-electron chi connectivity index (χ0n) is 37.2. The summed E-state index contributed by atoms with van der Waals surface area (Å²) >= 11 is 0. The van der Waals surface area contributed by atoms with E-state index in [9.17, 15) is 14.7 Å². The summed E-state index contributed by atoms with van der Waals surface area (Å²) in [6, 6.07) is -0.571. The molecule has 5 heterocycles. The van der Waals surface area contributed by atoms with E-state index < -0.39 is 17.9 Å². The number of carbonyl (C=O) groups excluding carboxylic acids is 2. The molecule has 1 aliphatic carbocycles. The number of methoxy groups -OCH3 is 1. The van der Waals surface area contributed by atoms with Crippen molar-refractivity contribution < 1.29 is 24.2 Å². The van der Waals surface area contributed by atoms with Gasteiger partial charge in [0.1, 0.15) is 18.3 Å². The van der Waals surface area contributed by atoms with Gasteiger partial charge in [-0.2, -0.15) is 36.4 Å². The molecule has 4 aliphatic rings. The molecule has 9 nitrogen and oxygen atoms in total. The minimum Gasteiger partial charge on any atom is -0.681 e. The van der Waals surface area contributed by atoms with Crippen LogP contribution in [-0.2, 0) is 25.5 Å². The Morgan fingerprint density at radius 1 is 0.933 bits per heavy atom. The van der Waals surface area contributed by atoms with Gasteiger partial charge < -0.3 is 48.5 Å².